The third-order valence-corrected chi connectivity index (χ3v) is 5.50. The molecule has 0 spiro atoms. The minimum atomic E-state index is -0.143. The van der Waals surface area contributed by atoms with Gasteiger partial charge in [-0.1, -0.05) is 30.3 Å². The van der Waals surface area contributed by atoms with E-state index in [4.69, 9.17) is 15.7 Å². The van der Waals surface area contributed by atoms with Crippen molar-refractivity contribution in [3.05, 3.63) is 90.6 Å². The summed E-state index contributed by atoms with van der Waals surface area (Å²) in [5.41, 5.74) is 11.0. The van der Waals surface area contributed by atoms with Crippen LogP contribution in [0, 0.1) is 11.3 Å². The number of ether oxygens (including phenoxy) is 1. The smallest absolute Gasteiger partial charge is 0.141 e. The SMILES string of the molecule is N#Cc1cc2cc(-c3cncc(OCC(N)Cc4c[nH]c5ccccc45)c3)ccc2cn1. The van der Waals surface area contributed by atoms with E-state index in [1.54, 1.807) is 24.7 Å². The molecule has 0 aliphatic rings. The summed E-state index contributed by atoms with van der Waals surface area (Å²) in [7, 11) is 0. The van der Waals surface area contributed by atoms with Crippen LogP contribution >= 0.6 is 0 Å². The zero-order chi connectivity index (χ0) is 21.9. The van der Waals surface area contributed by atoms with Crippen molar-refractivity contribution in [2.75, 3.05) is 6.61 Å². The predicted molar refractivity (Wildman–Crippen MR) is 125 cm³/mol. The average molecular weight is 419 g/mol. The number of rotatable bonds is 6. The molecule has 3 heterocycles. The number of nitrogens with two attached hydrogens (primary N) is 1. The molecule has 6 nitrogen and oxygen atoms in total. The molecular formula is C26H21N5O. The van der Waals surface area contributed by atoms with Crippen LogP contribution in [0.5, 0.6) is 5.75 Å². The van der Waals surface area contributed by atoms with Crippen LogP contribution in [0.4, 0.5) is 0 Å². The van der Waals surface area contributed by atoms with Crippen LogP contribution in [-0.2, 0) is 6.42 Å². The molecule has 3 aromatic heterocycles. The molecule has 0 saturated heterocycles. The van der Waals surface area contributed by atoms with Gasteiger partial charge in [-0.05, 0) is 47.2 Å². The summed E-state index contributed by atoms with van der Waals surface area (Å²) < 4.78 is 5.96. The normalized spacial score (nSPS) is 12.0. The molecule has 5 aromatic rings. The summed E-state index contributed by atoms with van der Waals surface area (Å²) in [6, 6.07) is 19.9. The summed E-state index contributed by atoms with van der Waals surface area (Å²) in [5, 5.41) is 12.2. The molecule has 0 saturated carbocycles. The van der Waals surface area contributed by atoms with Gasteiger partial charge in [-0.3, -0.25) is 4.98 Å². The number of H-pyrrole nitrogens is 1. The van der Waals surface area contributed by atoms with E-state index in [-0.39, 0.29) is 6.04 Å². The number of hydrogen-bond donors (Lipinski definition) is 2. The molecule has 5 rings (SSSR count). The number of nitrogens with one attached hydrogen (secondary N) is 1. The van der Waals surface area contributed by atoms with Crippen LogP contribution in [0.2, 0.25) is 0 Å². The average Bonchev–Trinajstić information content (AvgIpc) is 3.25. The predicted octanol–water partition coefficient (Wildman–Crippen LogP) is 4.60. The van der Waals surface area contributed by atoms with Gasteiger partial charge in [-0.25, -0.2) is 4.98 Å². The Hall–Kier alpha value is -4.21. The summed E-state index contributed by atoms with van der Waals surface area (Å²) in [6.45, 7) is 0.388. The second-order valence-electron chi connectivity index (χ2n) is 7.79. The first-order valence-corrected chi connectivity index (χ1v) is 10.4. The van der Waals surface area contributed by atoms with Crippen molar-refractivity contribution in [3.63, 3.8) is 0 Å². The molecule has 2 aromatic carbocycles. The van der Waals surface area contributed by atoms with E-state index in [0.29, 0.717) is 18.1 Å². The number of nitrogens with zero attached hydrogens (tertiary/aromatic N) is 3. The number of aromatic amines is 1. The third-order valence-electron chi connectivity index (χ3n) is 5.50. The molecule has 0 amide bonds. The number of nitriles is 1. The quantitative estimate of drug-likeness (QED) is 0.419. The Labute approximate surface area is 185 Å². The van der Waals surface area contributed by atoms with Gasteiger partial charge in [-0.15, -0.1) is 0 Å². The van der Waals surface area contributed by atoms with Crippen LogP contribution in [0.25, 0.3) is 32.8 Å². The lowest BCUT2D eigenvalue weighted by Crippen LogP contribution is -2.30. The number of para-hydroxylation sites is 1. The van der Waals surface area contributed by atoms with Crippen molar-refractivity contribution >= 4 is 21.7 Å². The molecule has 1 unspecified atom stereocenters. The molecule has 0 fully saturated rings. The molecule has 6 heteroatoms. The first kappa shape index (κ1) is 19.7. The van der Waals surface area contributed by atoms with Gasteiger partial charge < -0.3 is 15.5 Å². The Balaban J connectivity index is 1.30. The van der Waals surface area contributed by atoms with E-state index in [0.717, 1.165) is 33.8 Å². The maximum absolute atomic E-state index is 9.11. The van der Waals surface area contributed by atoms with Gasteiger partial charge in [0.05, 0.1) is 6.20 Å². The second kappa shape index (κ2) is 8.50. The van der Waals surface area contributed by atoms with Crippen LogP contribution < -0.4 is 10.5 Å². The lowest BCUT2D eigenvalue weighted by atomic mass is 10.0. The van der Waals surface area contributed by atoms with Gasteiger partial charge >= 0.3 is 0 Å². The Morgan fingerprint density at radius 2 is 1.91 bits per heavy atom. The monoisotopic (exact) mass is 419 g/mol. The number of benzene rings is 2. The number of pyridine rings is 2. The van der Waals surface area contributed by atoms with Gasteiger partial charge in [0.15, 0.2) is 0 Å². The van der Waals surface area contributed by atoms with Gasteiger partial charge in [0.1, 0.15) is 24.1 Å². The summed E-state index contributed by atoms with van der Waals surface area (Å²) >= 11 is 0. The van der Waals surface area contributed by atoms with E-state index < -0.39 is 0 Å². The molecule has 156 valence electrons. The first-order valence-electron chi connectivity index (χ1n) is 10.4. The Bertz CT molecular complexity index is 1450. The third kappa shape index (κ3) is 4.02. The maximum atomic E-state index is 9.11. The largest absolute Gasteiger partial charge is 0.490 e. The number of aromatic nitrogens is 3. The fraction of sp³-hybridized carbons (Fsp3) is 0.115. The summed E-state index contributed by atoms with van der Waals surface area (Å²) in [4.78, 5) is 11.7. The maximum Gasteiger partial charge on any atom is 0.141 e. The number of fused-ring (bicyclic) bond motifs is 2. The van der Waals surface area contributed by atoms with Crippen molar-refractivity contribution in [2.24, 2.45) is 5.73 Å². The minimum absolute atomic E-state index is 0.143. The number of hydrogen-bond acceptors (Lipinski definition) is 5. The highest BCUT2D eigenvalue weighted by molar-refractivity contribution is 5.87. The standard InChI is InChI=1S/C26H21N5O/c27-11-23-9-19-7-17(5-6-18(19)13-30-23)20-10-24(15-29-12-20)32-16-22(28)8-21-14-31-26-4-2-1-3-25(21)26/h1-7,9-10,12-15,22,31H,8,16,28H2. The van der Waals surface area contributed by atoms with Crippen molar-refractivity contribution in [1.29, 1.82) is 5.26 Å². The van der Waals surface area contributed by atoms with Gasteiger partial charge in [0.2, 0.25) is 0 Å². The topological polar surface area (TPSA) is 101 Å². The highest BCUT2D eigenvalue weighted by atomic mass is 16.5. The van der Waals surface area contributed by atoms with Crippen LogP contribution in [-0.4, -0.2) is 27.6 Å². The summed E-state index contributed by atoms with van der Waals surface area (Å²) in [6.07, 6.45) is 7.94. The van der Waals surface area contributed by atoms with E-state index >= 15 is 0 Å². The van der Waals surface area contributed by atoms with Crippen LogP contribution in [0.15, 0.2) is 79.4 Å². The second-order valence-corrected chi connectivity index (χ2v) is 7.79. The highest BCUT2D eigenvalue weighted by Crippen LogP contribution is 2.27. The molecule has 0 aliphatic heterocycles. The minimum Gasteiger partial charge on any atom is -0.490 e. The fourth-order valence-electron chi connectivity index (χ4n) is 3.88. The van der Waals surface area contributed by atoms with Gasteiger partial charge in [0, 0.05) is 46.5 Å². The fourth-order valence-corrected chi connectivity index (χ4v) is 3.88. The molecule has 1 atom stereocenters. The van der Waals surface area contributed by atoms with E-state index in [9.17, 15) is 0 Å². The van der Waals surface area contributed by atoms with E-state index in [1.807, 2.05) is 42.6 Å². The van der Waals surface area contributed by atoms with Crippen molar-refractivity contribution in [2.45, 2.75) is 12.5 Å². The van der Waals surface area contributed by atoms with E-state index in [1.165, 1.54) is 10.9 Å². The highest BCUT2D eigenvalue weighted by Gasteiger charge is 2.10. The first-order chi connectivity index (χ1) is 15.7. The van der Waals surface area contributed by atoms with E-state index in [2.05, 4.69) is 33.2 Å². The zero-order valence-corrected chi connectivity index (χ0v) is 17.3. The lowest BCUT2D eigenvalue weighted by molar-refractivity contribution is 0.287. The van der Waals surface area contributed by atoms with Crippen LogP contribution in [0.3, 0.4) is 0 Å². The molecule has 3 N–H and O–H groups in total. The Morgan fingerprint density at radius 1 is 1.00 bits per heavy atom. The Kier molecular flexibility index (Phi) is 5.24. The van der Waals surface area contributed by atoms with Crippen molar-refractivity contribution in [1.82, 2.24) is 15.0 Å². The molecule has 0 aliphatic carbocycles. The molecule has 32 heavy (non-hydrogen) atoms. The van der Waals surface area contributed by atoms with Crippen molar-refractivity contribution in [3.8, 4) is 22.9 Å². The van der Waals surface area contributed by atoms with Gasteiger partial charge in [-0.2, -0.15) is 5.26 Å². The molecule has 0 bridgehead atoms. The van der Waals surface area contributed by atoms with Crippen LogP contribution in [0.1, 0.15) is 11.3 Å². The van der Waals surface area contributed by atoms with Crippen molar-refractivity contribution < 1.29 is 4.74 Å². The Morgan fingerprint density at radius 3 is 2.81 bits per heavy atom. The van der Waals surface area contributed by atoms with Gasteiger partial charge in [0.25, 0.3) is 0 Å². The zero-order valence-electron chi connectivity index (χ0n) is 17.3. The summed E-state index contributed by atoms with van der Waals surface area (Å²) in [5.74, 6) is 0.671. The molecule has 0 radical (unpaired) electrons. The molecular weight excluding hydrogens is 398 g/mol. The lowest BCUT2D eigenvalue weighted by Gasteiger charge is -2.13.